The van der Waals surface area contributed by atoms with Crippen LogP contribution in [0.4, 0.5) is 10.6 Å². The normalized spacial score (nSPS) is 16.1. The van der Waals surface area contributed by atoms with Gasteiger partial charge in [0.25, 0.3) is 0 Å². The molecule has 1 heterocycles. The van der Waals surface area contributed by atoms with Crippen molar-refractivity contribution in [3.8, 4) is 0 Å². The summed E-state index contributed by atoms with van der Waals surface area (Å²) in [4.78, 5) is 11.5. The highest BCUT2D eigenvalue weighted by molar-refractivity contribution is 5.88. The van der Waals surface area contributed by atoms with Gasteiger partial charge in [-0.15, -0.1) is 0 Å². The monoisotopic (exact) mass is 269 g/mol. The van der Waals surface area contributed by atoms with E-state index >= 15 is 0 Å². The maximum atomic E-state index is 11.5. The number of nitrogens with zero attached hydrogens (tertiary/aromatic N) is 1. The van der Waals surface area contributed by atoms with Crippen LogP contribution in [0.25, 0.3) is 0 Å². The van der Waals surface area contributed by atoms with Crippen molar-refractivity contribution in [1.29, 1.82) is 0 Å². The summed E-state index contributed by atoms with van der Waals surface area (Å²) in [6, 6.07) is 1.17. The Morgan fingerprint density at radius 2 is 2.47 bits per heavy atom. The van der Waals surface area contributed by atoms with Gasteiger partial charge in [0.1, 0.15) is 5.76 Å². The van der Waals surface area contributed by atoms with E-state index in [-0.39, 0.29) is 13.2 Å². The molecular weight excluding hydrogens is 250 g/mol. The number of rotatable bonds is 7. The molecule has 0 saturated heterocycles. The zero-order valence-electron chi connectivity index (χ0n) is 10.9. The van der Waals surface area contributed by atoms with Crippen LogP contribution in [0.2, 0.25) is 0 Å². The third-order valence-corrected chi connectivity index (χ3v) is 2.73. The Hall–Kier alpha value is -1.60. The molecule has 1 aromatic rings. The summed E-state index contributed by atoms with van der Waals surface area (Å²) in [5.41, 5.74) is 0. The number of aryl methyl sites for hydroxylation is 1. The Bertz CT molecular complexity index is 417. The Kier molecular flexibility index (Phi) is 4.75. The summed E-state index contributed by atoms with van der Waals surface area (Å²) in [5, 5.41) is 18.3. The summed E-state index contributed by atoms with van der Waals surface area (Å²) in [6.45, 7) is 2.80. The van der Waals surface area contributed by atoms with E-state index in [1.807, 2.05) is 0 Å². The van der Waals surface area contributed by atoms with Gasteiger partial charge in [-0.2, -0.15) is 0 Å². The highest BCUT2D eigenvalue weighted by Crippen LogP contribution is 2.28. The Balaban J connectivity index is 1.56. The summed E-state index contributed by atoms with van der Waals surface area (Å²) < 4.78 is 10.1. The quantitative estimate of drug-likeness (QED) is 0.683. The number of hydrogen-bond acceptors (Lipinski definition) is 5. The largest absolute Gasteiger partial charge is 0.389 e. The van der Waals surface area contributed by atoms with Gasteiger partial charge in [0.05, 0.1) is 12.7 Å². The van der Waals surface area contributed by atoms with E-state index in [1.54, 1.807) is 13.0 Å². The molecule has 0 aliphatic heterocycles. The second kappa shape index (κ2) is 6.53. The molecule has 7 nitrogen and oxygen atoms in total. The zero-order valence-corrected chi connectivity index (χ0v) is 10.9. The van der Waals surface area contributed by atoms with Crippen molar-refractivity contribution in [1.82, 2.24) is 10.5 Å². The van der Waals surface area contributed by atoms with Crippen molar-refractivity contribution in [2.75, 3.05) is 25.1 Å². The molecule has 106 valence electrons. The molecule has 1 aliphatic rings. The van der Waals surface area contributed by atoms with Crippen LogP contribution in [0.15, 0.2) is 10.6 Å². The third kappa shape index (κ3) is 5.27. The second-order valence-corrected chi connectivity index (χ2v) is 4.79. The molecule has 0 bridgehead atoms. The number of nitrogens with one attached hydrogen (secondary N) is 2. The number of anilines is 1. The number of aliphatic hydroxyl groups excluding tert-OH is 1. The Labute approximate surface area is 111 Å². The molecule has 1 atom stereocenters. The van der Waals surface area contributed by atoms with E-state index < -0.39 is 12.1 Å². The number of aromatic nitrogens is 1. The van der Waals surface area contributed by atoms with Crippen LogP contribution in [-0.4, -0.2) is 42.2 Å². The van der Waals surface area contributed by atoms with Gasteiger partial charge in [-0.3, -0.25) is 5.32 Å². The average molecular weight is 269 g/mol. The second-order valence-electron chi connectivity index (χ2n) is 4.79. The summed E-state index contributed by atoms with van der Waals surface area (Å²) >= 11 is 0. The molecule has 1 unspecified atom stereocenters. The van der Waals surface area contributed by atoms with Gasteiger partial charge < -0.3 is 19.7 Å². The Morgan fingerprint density at radius 1 is 1.68 bits per heavy atom. The number of urea groups is 1. The van der Waals surface area contributed by atoms with Crippen LogP contribution in [-0.2, 0) is 4.74 Å². The lowest BCUT2D eigenvalue weighted by atomic mass is 10.4. The first-order chi connectivity index (χ1) is 9.13. The van der Waals surface area contributed by atoms with Gasteiger partial charge in [0, 0.05) is 19.2 Å². The molecule has 19 heavy (non-hydrogen) atoms. The maximum Gasteiger partial charge on any atom is 0.320 e. The van der Waals surface area contributed by atoms with Gasteiger partial charge in [0.15, 0.2) is 5.82 Å². The minimum atomic E-state index is -0.705. The van der Waals surface area contributed by atoms with Crippen molar-refractivity contribution in [3.05, 3.63) is 11.8 Å². The summed E-state index contributed by atoms with van der Waals surface area (Å²) in [7, 11) is 0. The molecule has 1 aliphatic carbocycles. The van der Waals surface area contributed by atoms with Crippen LogP contribution < -0.4 is 10.6 Å². The molecule has 0 radical (unpaired) electrons. The predicted octanol–water partition coefficient (Wildman–Crippen LogP) is 0.892. The molecule has 2 amide bonds. The number of amides is 2. The maximum absolute atomic E-state index is 11.5. The molecule has 1 fully saturated rings. The summed E-state index contributed by atoms with van der Waals surface area (Å²) in [6.07, 6.45) is 1.73. The molecule has 3 N–H and O–H groups in total. The van der Waals surface area contributed by atoms with Crippen molar-refractivity contribution in [2.24, 2.45) is 5.92 Å². The molecule has 1 aromatic heterocycles. The molecule has 7 heteroatoms. The standard InChI is InChI=1S/C12H19N3O4/c1-8-4-11(15-19-8)14-12(17)13-5-10(16)7-18-6-9-2-3-9/h4,9-10,16H,2-3,5-7H2,1H3,(H2,13,14,15,17). The number of carbonyl (C=O) groups is 1. The molecule has 0 aromatic carbocycles. The van der Waals surface area contributed by atoms with Crippen molar-refractivity contribution in [2.45, 2.75) is 25.9 Å². The van der Waals surface area contributed by atoms with Crippen LogP contribution in [0, 0.1) is 12.8 Å². The first kappa shape index (κ1) is 13.8. The van der Waals surface area contributed by atoms with Gasteiger partial charge in [0.2, 0.25) is 0 Å². The van der Waals surface area contributed by atoms with Gasteiger partial charge in [-0.05, 0) is 25.7 Å². The highest BCUT2D eigenvalue weighted by atomic mass is 16.5. The number of aliphatic hydroxyl groups is 1. The van der Waals surface area contributed by atoms with Gasteiger partial charge >= 0.3 is 6.03 Å². The van der Waals surface area contributed by atoms with Gasteiger partial charge in [-0.25, -0.2) is 4.79 Å². The number of ether oxygens (including phenoxy) is 1. The van der Waals surface area contributed by atoms with Crippen molar-refractivity contribution < 1.29 is 19.2 Å². The molecule has 0 spiro atoms. The van der Waals surface area contributed by atoms with Gasteiger partial charge in [-0.1, -0.05) is 5.16 Å². The Morgan fingerprint density at radius 3 is 3.11 bits per heavy atom. The minimum Gasteiger partial charge on any atom is -0.389 e. The minimum absolute atomic E-state index is 0.132. The fourth-order valence-corrected chi connectivity index (χ4v) is 1.51. The van der Waals surface area contributed by atoms with Crippen molar-refractivity contribution in [3.63, 3.8) is 0 Å². The van der Waals surface area contributed by atoms with Crippen LogP contribution >= 0.6 is 0 Å². The zero-order chi connectivity index (χ0) is 13.7. The first-order valence-electron chi connectivity index (χ1n) is 6.37. The van der Waals surface area contributed by atoms with E-state index in [9.17, 15) is 9.90 Å². The molecular formula is C12H19N3O4. The van der Waals surface area contributed by atoms with Crippen LogP contribution in [0.5, 0.6) is 0 Å². The van der Waals surface area contributed by atoms with Crippen molar-refractivity contribution >= 4 is 11.8 Å². The lowest BCUT2D eigenvalue weighted by molar-refractivity contribution is 0.0339. The lowest BCUT2D eigenvalue weighted by Gasteiger charge is -2.12. The average Bonchev–Trinajstić information content (AvgIpc) is 3.10. The van der Waals surface area contributed by atoms with E-state index in [4.69, 9.17) is 9.26 Å². The van der Waals surface area contributed by atoms with E-state index in [0.29, 0.717) is 24.1 Å². The highest BCUT2D eigenvalue weighted by Gasteiger charge is 2.21. The molecule has 1 saturated carbocycles. The number of hydrogen-bond donors (Lipinski definition) is 3. The number of carbonyl (C=O) groups excluding carboxylic acids is 1. The topological polar surface area (TPSA) is 96.6 Å². The fraction of sp³-hybridized carbons (Fsp3) is 0.667. The third-order valence-electron chi connectivity index (χ3n) is 2.73. The SMILES string of the molecule is Cc1cc(NC(=O)NCC(O)COCC2CC2)no1. The summed E-state index contributed by atoms with van der Waals surface area (Å²) in [5.74, 6) is 1.62. The van der Waals surface area contributed by atoms with Crippen LogP contribution in [0.1, 0.15) is 18.6 Å². The van der Waals surface area contributed by atoms with E-state index in [2.05, 4.69) is 15.8 Å². The fourth-order valence-electron chi connectivity index (χ4n) is 1.51. The lowest BCUT2D eigenvalue weighted by Crippen LogP contribution is -2.37. The smallest absolute Gasteiger partial charge is 0.320 e. The predicted molar refractivity (Wildman–Crippen MR) is 67.8 cm³/mol. The van der Waals surface area contributed by atoms with Crippen LogP contribution in [0.3, 0.4) is 0 Å². The first-order valence-corrected chi connectivity index (χ1v) is 6.37. The van der Waals surface area contributed by atoms with E-state index in [1.165, 1.54) is 12.8 Å². The molecule has 2 rings (SSSR count). The van der Waals surface area contributed by atoms with E-state index in [0.717, 1.165) is 0 Å².